The van der Waals surface area contributed by atoms with Crippen LogP contribution in [0.3, 0.4) is 0 Å². The Morgan fingerprint density at radius 1 is 1.06 bits per heavy atom. The van der Waals surface area contributed by atoms with Crippen LogP contribution in [0.4, 0.5) is 0 Å². The zero-order valence-corrected chi connectivity index (χ0v) is 17.9. The lowest BCUT2D eigenvalue weighted by Gasteiger charge is -2.31. The summed E-state index contributed by atoms with van der Waals surface area (Å²) >= 11 is 5.08. The lowest BCUT2D eigenvalue weighted by Crippen LogP contribution is -2.52. The standard InChI is InChI=1S/C22H20N2O6S/c1-23-19(25)16(20(26)24(2)22(23)31)10-13-7-8-17(18(11-13)29-3)30-12-14-5-4-6-15(9-14)21(27)28/h4-11H,12H2,1-3H3,(H,27,28). The number of hydrogen-bond donors (Lipinski definition) is 1. The number of carbonyl (C=O) groups excluding carboxylic acids is 2. The highest BCUT2D eigenvalue weighted by molar-refractivity contribution is 7.80. The summed E-state index contributed by atoms with van der Waals surface area (Å²) < 4.78 is 11.2. The molecule has 0 bridgehead atoms. The number of hydrogen-bond acceptors (Lipinski definition) is 6. The molecule has 2 aromatic carbocycles. The van der Waals surface area contributed by atoms with Crippen molar-refractivity contribution in [3.8, 4) is 11.5 Å². The second-order valence-corrected chi connectivity index (χ2v) is 7.14. The highest BCUT2D eigenvalue weighted by Crippen LogP contribution is 2.30. The molecule has 1 aliphatic heterocycles. The lowest BCUT2D eigenvalue weighted by molar-refractivity contribution is -0.132. The first-order valence-electron chi connectivity index (χ1n) is 9.17. The van der Waals surface area contributed by atoms with Gasteiger partial charge < -0.3 is 14.6 Å². The summed E-state index contributed by atoms with van der Waals surface area (Å²) in [5, 5.41) is 9.24. The van der Waals surface area contributed by atoms with Crippen LogP contribution in [0, 0.1) is 0 Å². The Balaban J connectivity index is 1.83. The number of rotatable bonds is 6. The summed E-state index contributed by atoms with van der Waals surface area (Å²) in [7, 11) is 4.50. The van der Waals surface area contributed by atoms with E-state index >= 15 is 0 Å². The predicted molar refractivity (Wildman–Crippen MR) is 117 cm³/mol. The Kier molecular flexibility index (Phi) is 6.36. The molecule has 0 aromatic heterocycles. The van der Waals surface area contributed by atoms with E-state index in [-0.39, 0.29) is 22.9 Å². The van der Waals surface area contributed by atoms with Crippen LogP contribution in [-0.2, 0) is 16.2 Å². The molecule has 9 heteroatoms. The van der Waals surface area contributed by atoms with Crippen LogP contribution in [0.25, 0.3) is 6.08 Å². The SMILES string of the molecule is COc1cc(C=C2C(=O)N(C)C(=S)N(C)C2=O)ccc1OCc1cccc(C(=O)O)c1. The zero-order chi connectivity index (χ0) is 22.7. The van der Waals surface area contributed by atoms with E-state index < -0.39 is 17.8 Å². The normalized spacial score (nSPS) is 14.0. The van der Waals surface area contributed by atoms with Gasteiger partial charge in [-0.3, -0.25) is 19.4 Å². The molecule has 0 atom stereocenters. The van der Waals surface area contributed by atoms with Crippen LogP contribution in [0.5, 0.6) is 11.5 Å². The minimum Gasteiger partial charge on any atom is -0.493 e. The number of thiocarbonyl (C=S) groups is 1. The number of ether oxygens (including phenoxy) is 2. The largest absolute Gasteiger partial charge is 0.493 e. The van der Waals surface area contributed by atoms with Gasteiger partial charge in [0.1, 0.15) is 12.2 Å². The predicted octanol–water partition coefficient (Wildman–Crippen LogP) is 2.57. The van der Waals surface area contributed by atoms with Gasteiger partial charge >= 0.3 is 5.97 Å². The molecule has 1 N–H and O–H groups in total. The molecule has 1 aliphatic rings. The fourth-order valence-corrected chi connectivity index (χ4v) is 3.16. The Morgan fingerprint density at radius 3 is 2.35 bits per heavy atom. The van der Waals surface area contributed by atoms with E-state index in [2.05, 4.69) is 0 Å². The summed E-state index contributed by atoms with van der Waals surface area (Å²) in [6.45, 7) is 0.141. The number of carbonyl (C=O) groups is 3. The van der Waals surface area contributed by atoms with Gasteiger partial charge in [0.15, 0.2) is 16.6 Å². The van der Waals surface area contributed by atoms with Crippen molar-refractivity contribution >= 4 is 41.2 Å². The minimum atomic E-state index is -1.01. The summed E-state index contributed by atoms with van der Waals surface area (Å²) in [6.07, 6.45) is 1.47. The molecule has 2 amide bonds. The molecule has 0 spiro atoms. The van der Waals surface area contributed by atoms with Crippen LogP contribution >= 0.6 is 12.2 Å². The molecule has 0 saturated carbocycles. The number of methoxy groups -OCH3 is 1. The van der Waals surface area contributed by atoms with Gasteiger partial charge in [-0.25, -0.2) is 4.79 Å². The number of carboxylic acid groups (broad SMARTS) is 1. The number of likely N-dealkylation sites (N-methyl/N-ethyl adjacent to an activating group) is 2. The van der Waals surface area contributed by atoms with Crippen molar-refractivity contribution in [3.05, 3.63) is 64.7 Å². The van der Waals surface area contributed by atoms with Crippen LogP contribution < -0.4 is 9.47 Å². The van der Waals surface area contributed by atoms with E-state index in [1.165, 1.54) is 49.2 Å². The number of nitrogens with zero attached hydrogens (tertiary/aromatic N) is 2. The van der Waals surface area contributed by atoms with Crippen molar-refractivity contribution < 1.29 is 29.0 Å². The number of benzene rings is 2. The van der Waals surface area contributed by atoms with Gasteiger partial charge in [-0.2, -0.15) is 0 Å². The highest BCUT2D eigenvalue weighted by atomic mass is 32.1. The van der Waals surface area contributed by atoms with Gasteiger partial charge in [-0.15, -0.1) is 0 Å². The van der Waals surface area contributed by atoms with Crippen molar-refractivity contribution in [3.63, 3.8) is 0 Å². The molecule has 1 heterocycles. The first-order valence-corrected chi connectivity index (χ1v) is 9.58. The van der Waals surface area contributed by atoms with E-state index in [1.807, 2.05) is 0 Å². The Bertz CT molecular complexity index is 1080. The average Bonchev–Trinajstić information content (AvgIpc) is 2.78. The number of carboxylic acids is 1. The molecule has 3 rings (SSSR count). The molecule has 1 fully saturated rings. The summed E-state index contributed by atoms with van der Waals surface area (Å²) in [6, 6.07) is 11.4. The van der Waals surface area contributed by atoms with Gasteiger partial charge in [0.25, 0.3) is 11.8 Å². The van der Waals surface area contributed by atoms with Gasteiger partial charge in [0.05, 0.1) is 12.7 Å². The summed E-state index contributed by atoms with van der Waals surface area (Å²) in [5.74, 6) is -1.14. The number of amides is 2. The molecule has 0 unspecified atom stereocenters. The van der Waals surface area contributed by atoms with E-state index in [4.69, 9.17) is 26.8 Å². The van der Waals surface area contributed by atoms with Crippen LogP contribution in [0.15, 0.2) is 48.0 Å². The van der Waals surface area contributed by atoms with E-state index in [9.17, 15) is 14.4 Å². The Morgan fingerprint density at radius 2 is 1.74 bits per heavy atom. The summed E-state index contributed by atoms with van der Waals surface area (Å²) in [4.78, 5) is 38.5. The van der Waals surface area contributed by atoms with Crippen molar-refractivity contribution in [2.75, 3.05) is 21.2 Å². The van der Waals surface area contributed by atoms with Gasteiger partial charge in [0.2, 0.25) is 0 Å². The molecule has 8 nitrogen and oxygen atoms in total. The first-order chi connectivity index (χ1) is 14.7. The molecule has 2 aromatic rings. The maximum atomic E-state index is 12.5. The lowest BCUT2D eigenvalue weighted by atomic mass is 10.1. The highest BCUT2D eigenvalue weighted by Gasteiger charge is 2.35. The van der Waals surface area contributed by atoms with E-state index in [0.717, 1.165) is 0 Å². The molecule has 0 aliphatic carbocycles. The summed E-state index contributed by atoms with van der Waals surface area (Å²) in [5.41, 5.74) is 1.42. The second kappa shape index (κ2) is 8.97. The fourth-order valence-electron chi connectivity index (χ4n) is 2.99. The second-order valence-electron chi connectivity index (χ2n) is 6.77. The zero-order valence-electron chi connectivity index (χ0n) is 17.1. The minimum absolute atomic E-state index is 0.0141. The molecule has 160 valence electrons. The molecular weight excluding hydrogens is 420 g/mol. The fraction of sp³-hybridized carbons (Fsp3) is 0.182. The third kappa shape index (κ3) is 4.56. The van der Waals surface area contributed by atoms with Crippen molar-refractivity contribution in [2.45, 2.75) is 6.61 Å². The third-order valence-corrected chi connectivity index (χ3v) is 5.26. The molecule has 1 saturated heterocycles. The maximum absolute atomic E-state index is 12.5. The Hall–Kier alpha value is -3.72. The van der Waals surface area contributed by atoms with Gasteiger partial charge in [0, 0.05) is 14.1 Å². The average molecular weight is 440 g/mol. The smallest absolute Gasteiger partial charge is 0.335 e. The van der Waals surface area contributed by atoms with Crippen LogP contribution in [-0.4, -0.2) is 59.0 Å². The van der Waals surface area contributed by atoms with Gasteiger partial charge in [-0.1, -0.05) is 18.2 Å². The Labute approximate surface area is 184 Å². The molecule has 31 heavy (non-hydrogen) atoms. The van der Waals surface area contributed by atoms with E-state index in [0.29, 0.717) is 22.6 Å². The molecule has 0 radical (unpaired) electrons. The van der Waals surface area contributed by atoms with Crippen molar-refractivity contribution in [1.82, 2.24) is 9.80 Å². The molecular formula is C22H20N2O6S. The topological polar surface area (TPSA) is 96.4 Å². The van der Waals surface area contributed by atoms with Crippen LogP contribution in [0.1, 0.15) is 21.5 Å². The van der Waals surface area contributed by atoms with Crippen LogP contribution in [0.2, 0.25) is 0 Å². The first kappa shape index (κ1) is 22.0. The van der Waals surface area contributed by atoms with Crippen molar-refractivity contribution in [1.29, 1.82) is 0 Å². The van der Waals surface area contributed by atoms with Gasteiger partial charge in [-0.05, 0) is 53.7 Å². The van der Waals surface area contributed by atoms with Crippen molar-refractivity contribution in [2.24, 2.45) is 0 Å². The quantitative estimate of drug-likeness (QED) is 0.419. The van der Waals surface area contributed by atoms with E-state index in [1.54, 1.807) is 30.3 Å². The monoisotopic (exact) mass is 440 g/mol. The number of aromatic carboxylic acids is 1. The third-order valence-electron chi connectivity index (χ3n) is 4.71. The maximum Gasteiger partial charge on any atom is 0.335 e.